The van der Waals surface area contributed by atoms with E-state index in [9.17, 15) is 22.8 Å². The maximum atomic E-state index is 12.1. The monoisotopic (exact) mass is 391 g/mol. The molecule has 0 aliphatic carbocycles. The average molecular weight is 392 g/mol. The summed E-state index contributed by atoms with van der Waals surface area (Å²) in [6.45, 7) is 1.82. The van der Waals surface area contributed by atoms with E-state index >= 15 is 0 Å². The van der Waals surface area contributed by atoms with Crippen molar-refractivity contribution in [1.82, 2.24) is 5.32 Å². The maximum Gasteiger partial charge on any atom is 0.422 e. The first-order chi connectivity index (χ1) is 10.5. The van der Waals surface area contributed by atoms with Gasteiger partial charge in [0.2, 0.25) is 0 Å². The van der Waals surface area contributed by atoms with Gasteiger partial charge in [-0.15, -0.1) is 11.3 Å². The Morgan fingerprint density at radius 3 is 2.39 bits per heavy atom. The standard InChI is InChI=1S/C13H14Cl2F3NO3S/c1-6(2)3-8(12(21)22-5-13(16,17)18)19-11(20)9-4-7(14)10(15)23-9/h4,6,8H,3,5H2,1-2H3,(H,19,20). The number of halogens is 5. The van der Waals surface area contributed by atoms with Crippen molar-refractivity contribution in [3.8, 4) is 0 Å². The summed E-state index contributed by atoms with van der Waals surface area (Å²) in [6.07, 6.45) is -4.49. The van der Waals surface area contributed by atoms with Crippen molar-refractivity contribution < 1.29 is 27.5 Å². The second-order valence-corrected chi connectivity index (χ2v) is 7.17. The summed E-state index contributed by atoms with van der Waals surface area (Å²) in [5.41, 5.74) is 0. The zero-order chi connectivity index (χ0) is 17.8. The van der Waals surface area contributed by atoms with E-state index in [2.05, 4.69) is 10.1 Å². The van der Waals surface area contributed by atoms with E-state index in [1.165, 1.54) is 6.07 Å². The van der Waals surface area contributed by atoms with Crippen LogP contribution < -0.4 is 5.32 Å². The minimum absolute atomic E-state index is 0.0470. The van der Waals surface area contributed by atoms with E-state index in [-0.39, 0.29) is 26.6 Å². The molecule has 10 heteroatoms. The quantitative estimate of drug-likeness (QED) is 0.735. The Balaban J connectivity index is 2.77. The van der Waals surface area contributed by atoms with E-state index in [0.717, 1.165) is 11.3 Å². The highest BCUT2D eigenvalue weighted by Crippen LogP contribution is 2.31. The number of carbonyl (C=O) groups excluding carboxylic acids is 2. The van der Waals surface area contributed by atoms with Crippen LogP contribution in [-0.2, 0) is 9.53 Å². The molecule has 0 spiro atoms. The van der Waals surface area contributed by atoms with Crippen molar-refractivity contribution >= 4 is 46.4 Å². The summed E-state index contributed by atoms with van der Waals surface area (Å²) < 4.78 is 40.8. The van der Waals surface area contributed by atoms with Crippen LogP contribution in [0.2, 0.25) is 9.36 Å². The molecule has 0 saturated carbocycles. The molecule has 0 aliphatic heterocycles. The van der Waals surface area contributed by atoms with Gasteiger partial charge in [-0.25, -0.2) is 4.79 Å². The molecule has 1 aromatic rings. The molecule has 0 fully saturated rings. The third kappa shape index (κ3) is 6.97. The van der Waals surface area contributed by atoms with Gasteiger partial charge in [0, 0.05) is 0 Å². The Morgan fingerprint density at radius 2 is 1.96 bits per heavy atom. The molecule has 1 heterocycles. The van der Waals surface area contributed by atoms with E-state index in [1.807, 2.05) is 0 Å². The molecule has 0 bridgehead atoms. The number of nitrogens with one attached hydrogen (secondary N) is 1. The zero-order valence-corrected chi connectivity index (χ0v) is 14.5. The molecule has 23 heavy (non-hydrogen) atoms. The second-order valence-electron chi connectivity index (χ2n) is 5.11. The fourth-order valence-electron chi connectivity index (χ4n) is 1.63. The van der Waals surface area contributed by atoms with Gasteiger partial charge in [0.05, 0.1) is 9.90 Å². The molecule has 1 unspecified atom stereocenters. The van der Waals surface area contributed by atoms with Crippen LogP contribution in [0.15, 0.2) is 6.07 Å². The number of hydrogen-bond acceptors (Lipinski definition) is 4. The summed E-state index contributed by atoms with van der Waals surface area (Å²) in [4.78, 5) is 24.0. The number of hydrogen-bond donors (Lipinski definition) is 1. The van der Waals surface area contributed by atoms with Crippen molar-refractivity contribution in [2.24, 2.45) is 5.92 Å². The summed E-state index contributed by atoms with van der Waals surface area (Å²) in [5, 5.41) is 2.54. The van der Waals surface area contributed by atoms with Gasteiger partial charge in [-0.2, -0.15) is 13.2 Å². The first-order valence-corrected chi connectivity index (χ1v) is 8.06. The Bertz CT molecular complexity index is 556. The van der Waals surface area contributed by atoms with Crippen molar-refractivity contribution in [3.05, 3.63) is 20.3 Å². The number of thiophene rings is 1. The molecule has 1 amide bonds. The molecule has 1 atom stereocenters. The van der Waals surface area contributed by atoms with Crippen molar-refractivity contribution in [1.29, 1.82) is 0 Å². The van der Waals surface area contributed by atoms with Crippen molar-refractivity contribution in [2.75, 3.05) is 6.61 Å². The van der Waals surface area contributed by atoms with Crippen LogP contribution in [0.1, 0.15) is 29.9 Å². The third-order valence-electron chi connectivity index (χ3n) is 2.54. The van der Waals surface area contributed by atoms with Gasteiger partial charge in [0.1, 0.15) is 10.4 Å². The normalized spacial score (nSPS) is 13.0. The lowest BCUT2D eigenvalue weighted by molar-refractivity contribution is -0.187. The second kappa shape index (κ2) is 8.21. The molecule has 0 aliphatic rings. The molecule has 130 valence electrons. The van der Waals surface area contributed by atoms with E-state index < -0.39 is 30.7 Å². The Kier molecular flexibility index (Phi) is 7.16. The zero-order valence-electron chi connectivity index (χ0n) is 12.2. The van der Waals surface area contributed by atoms with E-state index in [1.54, 1.807) is 13.8 Å². The maximum absolute atomic E-state index is 12.1. The van der Waals surface area contributed by atoms with Crippen molar-refractivity contribution in [3.63, 3.8) is 0 Å². The van der Waals surface area contributed by atoms with Gasteiger partial charge >= 0.3 is 12.1 Å². The van der Waals surface area contributed by atoms with Crippen molar-refractivity contribution in [2.45, 2.75) is 32.5 Å². The molecule has 0 radical (unpaired) electrons. The minimum Gasteiger partial charge on any atom is -0.455 e. The molecule has 4 nitrogen and oxygen atoms in total. The largest absolute Gasteiger partial charge is 0.455 e. The lowest BCUT2D eigenvalue weighted by atomic mass is 10.0. The Hall–Kier alpha value is -0.990. The fraction of sp³-hybridized carbons (Fsp3) is 0.538. The molecule has 0 aromatic carbocycles. The van der Waals surface area contributed by atoms with Crippen LogP contribution in [0.4, 0.5) is 13.2 Å². The van der Waals surface area contributed by atoms with Crippen LogP contribution in [-0.4, -0.2) is 30.7 Å². The highest BCUT2D eigenvalue weighted by Gasteiger charge is 2.32. The van der Waals surface area contributed by atoms with Gasteiger partial charge in [0.25, 0.3) is 5.91 Å². The summed E-state index contributed by atoms with van der Waals surface area (Å²) >= 11 is 12.4. The van der Waals surface area contributed by atoms with E-state index in [4.69, 9.17) is 23.2 Å². The van der Waals surface area contributed by atoms with Crippen LogP contribution in [0.5, 0.6) is 0 Å². The summed E-state index contributed by atoms with van der Waals surface area (Å²) in [6, 6.07) is 0.127. The lowest BCUT2D eigenvalue weighted by Crippen LogP contribution is -2.43. The number of alkyl halides is 3. The molecule has 1 aromatic heterocycles. The predicted molar refractivity (Wildman–Crippen MR) is 82.1 cm³/mol. The Morgan fingerprint density at radius 1 is 1.35 bits per heavy atom. The van der Waals surface area contributed by atoms with Gasteiger partial charge in [-0.05, 0) is 18.4 Å². The topological polar surface area (TPSA) is 55.4 Å². The number of carbonyl (C=O) groups is 2. The fourth-order valence-corrected chi connectivity index (χ4v) is 2.90. The summed E-state index contributed by atoms with van der Waals surface area (Å²) in [5.74, 6) is -1.84. The number of esters is 1. The van der Waals surface area contributed by atoms with Crippen LogP contribution in [0, 0.1) is 5.92 Å². The highest BCUT2D eigenvalue weighted by atomic mass is 35.5. The van der Waals surface area contributed by atoms with Gasteiger partial charge < -0.3 is 10.1 Å². The van der Waals surface area contributed by atoms with Crippen LogP contribution in [0.25, 0.3) is 0 Å². The number of amides is 1. The first kappa shape index (κ1) is 20.1. The number of ether oxygens (including phenoxy) is 1. The average Bonchev–Trinajstić information content (AvgIpc) is 2.74. The minimum atomic E-state index is -4.63. The smallest absolute Gasteiger partial charge is 0.422 e. The SMILES string of the molecule is CC(C)CC(NC(=O)c1cc(Cl)c(Cl)s1)C(=O)OCC(F)(F)F. The van der Waals surface area contributed by atoms with Gasteiger partial charge in [0.15, 0.2) is 6.61 Å². The number of rotatable bonds is 6. The van der Waals surface area contributed by atoms with Crippen LogP contribution >= 0.6 is 34.5 Å². The summed E-state index contributed by atoms with van der Waals surface area (Å²) in [7, 11) is 0. The van der Waals surface area contributed by atoms with Gasteiger partial charge in [-0.1, -0.05) is 37.0 Å². The molecule has 0 saturated heterocycles. The molecule has 1 N–H and O–H groups in total. The third-order valence-corrected chi connectivity index (χ3v) is 4.41. The highest BCUT2D eigenvalue weighted by molar-refractivity contribution is 7.18. The van der Waals surface area contributed by atoms with E-state index in [0.29, 0.717) is 0 Å². The predicted octanol–water partition coefficient (Wildman–Crippen LogP) is 4.30. The first-order valence-electron chi connectivity index (χ1n) is 6.48. The van der Waals surface area contributed by atoms with Gasteiger partial charge in [-0.3, -0.25) is 4.79 Å². The van der Waals surface area contributed by atoms with Crippen LogP contribution in [0.3, 0.4) is 0 Å². The molecular formula is C13H14Cl2F3NO3S. The molecule has 1 rings (SSSR count). The molecular weight excluding hydrogens is 378 g/mol. The lowest BCUT2D eigenvalue weighted by Gasteiger charge is -2.19. The Labute approximate surface area is 144 Å².